The van der Waals surface area contributed by atoms with Crippen LogP contribution in [0.3, 0.4) is 0 Å². The molecular weight excluding hydrogens is 516 g/mol. The lowest BCUT2D eigenvalue weighted by molar-refractivity contribution is -0.400. The van der Waals surface area contributed by atoms with Crippen LogP contribution in [-0.4, -0.2) is 26.3 Å². The van der Waals surface area contributed by atoms with Crippen LogP contribution in [0.25, 0.3) is 0 Å². The number of alkyl halides is 6. The van der Waals surface area contributed by atoms with Crippen molar-refractivity contribution in [3.63, 3.8) is 0 Å². The van der Waals surface area contributed by atoms with E-state index in [-0.39, 0.29) is 30.1 Å². The molecule has 0 fully saturated rings. The molecule has 0 bridgehead atoms. The summed E-state index contributed by atoms with van der Waals surface area (Å²) in [4.78, 5) is 0. The van der Waals surface area contributed by atoms with E-state index < -0.39 is 30.3 Å². The Morgan fingerprint density at radius 2 is 1.50 bits per heavy atom. The first-order chi connectivity index (χ1) is 17.9. The molecule has 0 aliphatic heterocycles. The van der Waals surface area contributed by atoms with E-state index in [1.165, 1.54) is 18.2 Å². The van der Waals surface area contributed by atoms with Crippen molar-refractivity contribution in [1.29, 1.82) is 0 Å². The van der Waals surface area contributed by atoms with Crippen molar-refractivity contribution < 1.29 is 45.3 Å². The van der Waals surface area contributed by atoms with E-state index in [2.05, 4.69) is 9.47 Å². The number of nitrogens with two attached hydrogens (primary N) is 1. The highest BCUT2D eigenvalue weighted by molar-refractivity contribution is 5.56. The van der Waals surface area contributed by atoms with Crippen LogP contribution in [-0.2, 0) is 28.1 Å². The summed E-state index contributed by atoms with van der Waals surface area (Å²) in [5, 5.41) is 0. The Morgan fingerprint density at radius 3 is 2.11 bits per heavy atom. The number of aryl methyl sites for hydroxylation is 1. The van der Waals surface area contributed by atoms with Gasteiger partial charge in [0.05, 0.1) is 5.69 Å². The zero-order chi connectivity index (χ0) is 28.0. The Kier molecular flexibility index (Phi) is 9.16. The first-order valence-electron chi connectivity index (χ1n) is 11.6. The summed E-state index contributed by atoms with van der Waals surface area (Å²) in [6.07, 6.45) is -11.1. The molecule has 0 aliphatic carbocycles. The first kappa shape index (κ1) is 29.1. The van der Waals surface area contributed by atoms with Gasteiger partial charge in [-0.05, 0) is 41.8 Å². The van der Waals surface area contributed by atoms with Crippen LogP contribution < -0.4 is 15.2 Å². The largest absolute Gasteiger partial charge is 0.487 e. The molecule has 0 saturated heterocycles. The van der Waals surface area contributed by atoms with Crippen LogP contribution in [0.1, 0.15) is 30.0 Å². The van der Waals surface area contributed by atoms with Gasteiger partial charge >= 0.3 is 12.4 Å². The summed E-state index contributed by atoms with van der Waals surface area (Å²) in [6, 6.07) is 16.4. The summed E-state index contributed by atoms with van der Waals surface area (Å²) < 4.78 is 104. The average Bonchev–Trinajstić information content (AvgIpc) is 2.85. The number of hydrogen-bond acceptors (Lipinski definition) is 5. The predicted octanol–water partition coefficient (Wildman–Crippen LogP) is 7.53. The van der Waals surface area contributed by atoms with Gasteiger partial charge in [0.15, 0.2) is 0 Å². The number of hydrogen-bond donors (Lipinski definition) is 1. The second-order valence-corrected chi connectivity index (χ2v) is 8.38. The second kappa shape index (κ2) is 12.0. The fourth-order valence-electron chi connectivity index (χ4n) is 3.81. The van der Waals surface area contributed by atoms with Crippen molar-refractivity contribution in [2.24, 2.45) is 0 Å². The first-order valence-corrected chi connectivity index (χ1v) is 11.6. The van der Waals surface area contributed by atoms with Crippen LogP contribution in [0.5, 0.6) is 17.2 Å². The highest BCUT2D eigenvalue weighted by Crippen LogP contribution is 2.53. The van der Waals surface area contributed by atoms with Crippen molar-refractivity contribution >= 4 is 5.69 Å². The minimum Gasteiger partial charge on any atom is -0.487 e. The van der Waals surface area contributed by atoms with E-state index in [9.17, 15) is 26.3 Å². The highest BCUT2D eigenvalue weighted by atomic mass is 19.4. The Bertz CT molecular complexity index is 1180. The lowest BCUT2D eigenvalue weighted by Crippen LogP contribution is -2.56. The standard InChI is InChI=1S/C27H27F6NO4/c1-3-7-19-14-20(25(26(28,29)30,27(31,32)33)37-17-35-2)10-13-23(19)38-21-11-12-22(34)24(15-21)36-16-18-8-5-4-6-9-18/h4-6,8-15H,3,7,16-17,34H2,1-2H3. The number of rotatable bonds is 11. The molecule has 0 saturated carbocycles. The fraction of sp³-hybridized carbons (Fsp3) is 0.333. The number of benzene rings is 3. The quantitative estimate of drug-likeness (QED) is 0.154. The number of anilines is 1. The average molecular weight is 544 g/mol. The molecule has 3 rings (SSSR count). The third-order valence-corrected chi connectivity index (χ3v) is 5.63. The van der Waals surface area contributed by atoms with Crippen molar-refractivity contribution in [3.8, 4) is 17.2 Å². The monoisotopic (exact) mass is 543 g/mol. The molecule has 3 aromatic rings. The summed E-state index contributed by atoms with van der Waals surface area (Å²) in [5.74, 6) is 0.626. The molecular formula is C27H27F6NO4. The predicted molar refractivity (Wildman–Crippen MR) is 129 cm³/mol. The van der Waals surface area contributed by atoms with Gasteiger partial charge in [-0.2, -0.15) is 26.3 Å². The van der Waals surface area contributed by atoms with Gasteiger partial charge in [-0.15, -0.1) is 0 Å². The number of halogens is 6. The van der Waals surface area contributed by atoms with Crippen LogP contribution in [0.15, 0.2) is 66.7 Å². The van der Waals surface area contributed by atoms with Gasteiger partial charge in [-0.1, -0.05) is 49.7 Å². The normalized spacial score (nSPS) is 12.4. The maximum atomic E-state index is 14.0. The van der Waals surface area contributed by atoms with E-state index in [0.29, 0.717) is 23.9 Å². The van der Waals surface area contributed by atoms with Crippen LogP contribution in [0.4, 0.5) is 32.0 Å². The maximum Gasteiger partial charge on any atom is 0.430 e. The van der Waals surface area contributed by atoms with E-state index in [1.807, 2.05) is 30.3 Å². The van der Waals surface area contributed by atoms with E-state index in [4.69, 9.17) is 15.2 Å². The van der Waals surface area contributed by atoms with E-state index >= 15 is 0 Å². The lowest BCUT2D eigenvalue weighted by Gasteiger charge is -2.37. The zero-order valence-electron chi connectivity index (χ0n) is 20.7. The maximum absolute atomic E-state index is 14.0. The third kappa shape index (κ3) is 6.33. The number of methoxy groups -OCH3 is 1. The Balaban J connectivity index is 1.97. The van der Waals surface area contributed by atoms with Crippen LogP contribution >= 0.6 is 0 Å². The molecule has 0 radical (unpaired) electrons. The number of ether oxygens (including phenoxy) is 4. The van der Waals surface area contributed by atoms with Crippen LogP contribution in [0.2, 0.25) is 0 Å². The molecule has 0 atom stereocenters. The SMILES string of the molecule is CCCc1cc(C(OCOC)(C(F)(F)F)C(F)(F)F)ccc1Oc1ccc(N)c(OCc2ccccc2)c1. The van der Waals surface area contributed by atoms with Crippen molar-refractivity contribution in [1.82, 2.24) is 0 Å². The fourth-order valence-corrected chi connectivity index (χ4v) is 3.81. The van der Waals surface area contributed by atoms with Crippen LogP contribution in [0, 0.1) is 0 Å². The second-order valence-electron chi connectivity index (χ2n) is 8.38. The molecule has 0 aromatic heterocycles. The van der Waals surface area contributed by atoms with Gasteiger partial charge in [-0.3, -0.25) is 0 Å². The van der Waals surface area contributed by atoms with Crippen molar-refractivity contribution in [2.75, 3.05) is 19.6 Å². The van der Waals surface area contributed by atoms with Crippen molar-refractivity contribution in [3.05, 3.63) is 83.4 Å². The Labute approximate surface area is 216 Å². The molecule has 0 unspecified atom stereocenters. The highest BCUT2D eigenvalue weighted by Gasteiger charge is 2.73. The molecule has 11 heteroatoms. The molecule has 5 nitrogen and oxygen atoms in total. The molecule has 0 aliphatic rings. The molecule has 38 heavy (non-hydrogen) atoms. The molecule has 2 N–H and O–H groups in total. The topological polar surface area (TPSA) is 62.9 Å². The van der Waals surface area contributed by atoms with Crippen molar-refractivity contribution in [2.45, 2.75) is 44.3 Å². The summed E-state index contributed by atoms with van der Waals surface area (Å²) in [7, 11) is 0.932. The van der Waals surface area contributed by atoms with Gasteiger partial charge in [0.2, 0.25) is 0 Å². The molecule has 0 amide bonds. The van der Waals surface area contributed by atoms with E-state index in [0.717, 1.165) is 24.8 Å². The summed E-state index contributed by atoms with van der Waals surface area (Å²) >= 11 is 0. The van der Waals surface area contributed by atoms with Gasteiger partial charge < -0.3 is 24.7 Å². The van der Waals surface area contributed by atoms with Gasteiger partial charge in [-0.25, -0.2) is 0 Å². The Morgan fingerprint density at radius 1 is 0.816 bits per heavy atom. The lowest BCUT2D eigenvalue weighted by atomic mass is 9.89. The van der Waals surface area contributed by atoms with Gasteiger partial charge in [0.1, 0.15) is 30.6 Å². The minimum absolute atomic E-state index is 0.0828. The zero-order valence-corrected chi connectivity index (χ0v) is 20.7. The van der Waals surface area contributed by atoms with E-state index in [1.54, 1.807) is 6.92 Å². The summed E-state index contributed by atoms with van der Waals surface area (Å²) in [5.41, 5.74) is 1.63. The molecule has 0 spiro atoms. The smallest absolute Gasteiger partial charge is 0.430 e. The molecule has 3 aromatic carbocycles. The summed E-state index contributed by atoms with van der Waals surface area (Å²) in [6.45, 7) is 0.734. The van der Waals surface area contributed by atoms with Gasteiger partial charge in [0.25, 0.3) is 5.60 Å². The molecule has 206 valence electrons. The number of nitrogen functional groups attached to an aromatic ring is 1. The van der Waals surface area contributed by atoms with Gasteiger partial charge in [0, 0.05) is 18.7 Å². The molecule has 0 heterocycles. The minimum atomic E-state index is -5.82. The third-order valence-electron chi connectivity index (χ3n) is 5.63. The Hall–Kier alpha value is -3.44.